The minimum absolute atomic E-state index is 0.732. The minimum atomic E-state index is 0.732. The van der Waals surface area contributed by atoms with E-state index in [1.54, 1.807) is 0 Å². The number of aromatic amines is 1. The molecule has 2 aromatic rings. The molecular weight excluding hydrogens is 264 g/mol. The van der Waals surface area contributed by atoms with Gasteiger partial charge in [-0.2, -0.15) is 0 Å². The molecule has 0 atom stereocenters. The van der Waals surface area contributed by atoms with Gasteiger partial charge in [0.15, 0.2) is 0 Å². The molecule has 1 saturated carbocycles. The number of rotatable bonds is 2. The number of hydrogen-bond acceptors (Lipinski definition) is 1. The standard InChI is InChI=1S/C13H13BrN2/c1-8-2-3-10(6-11(8)14)13-15-7-12(16-13)9-4-5-9/h2-3,6-7,9H,4-5H2,1H3,(H,15,16). The van der Waals surface area contributed by atoms with Gasteiger partial charge in [0.2, 0.25) is 0 Å². The lowest BCUT2D eigenvalue weighted by atomic mass is 10.1. The Morgan fingerprint density at radius 3 is 2.88 bits per heavy atom. The van der Waals surface area contributed by atoms with Crippen molar-refractivity contribution in [2.45, 2.75) is 25.7 Å². The number of nitrogens with zero attached hydrogens (tertiary/aromatic N) is 1. The van der Waals surface area contributed by atoms with Gasteiger partial charge < -0.3 is 4.98 Å². The molecule has 0 bridgehead atoms. The van der Waals surface area contributed by atoms with E-state index in [4.69, 9.17) is 0 Å². The summed E-state index contributed by atoms with van der Waals surface area (Å²) in [5, 5.41) is 0. The maximum absolute atomic E-state index is 4.44. The SMILES string of the molecule is Cc1ccc(-c2ncc(C3CC3)[nH]2)cc1Br. The molecule has 1 aromatic heterocycles. The Morgan fingerprint density at radius 2 is 2.19 bits per heavy atom. The Hall–Kier alpha value is -1.09. The highest BCUT2D eigenvalue weighted by atomic mass is 79.9. The third-order valence-corrected chi connectivity index (χ3v) is 3.91. The van der Waals surface area contributed by atoms with Crippen LogP contribution in [0, 0.1) is 6.92 Å². The summed E-state index contributed by atoms with van der Waals surface area (Å²) < 4.78 is 1.13. The van der Waals surface area contributed by atoms with E-state index in [-0.39, 0.29) is 0 Å². The third-order valence-electron chi connectivity index (χ3n) is 3.06. The molecular formula is C13H13BrN2. The molecule has 0 amide bonds. The second kappa shape index (κ2) is 3.74. The van der Waals surface area contributed by atoms with Crippen molar-refractivity contribution >= 4 is 15.9 Å². The van der Waals surface area contributed by atoms with E-state index >= 15 is 0 Å². The zero-order valence-electron chi connectivity index (χ0n) is 9.13. The van der Waals surface area contributed by atoms with Gasteiger partial charge in [-0.3, -0.25) is 0 Å². The van der Waals surface area contributed by atoms with Gasteiger partial charge in [-0.15, -0.1) is 0 Å². The second-order valence-corrected chi connectivity index (χ2v) is 5.28. The molecule has 0 radical (unpaired) electrons. The first-order chi connectivity index (χ1) is 7.74. The van der Waals surface area contributed by atoms with Crippen molar-refractivity contribution in [2.75, 3.05) is 0 Å². The van der Waals surface area contributed by atoms with Crippen molar-refractivity contribution in [1.29, 1.82) is 0 Å². The number of imidazole rings is 1. The zero-order chi connectivity index (χ0) is 11.1. The van der Waals surface area contributed by atoms with Gasteiger partial charge in [0.25, 0.3) is 0 Å². The average molecular weight is 277 g/mol. The van der Waals surface area contributed by atoms with Crippen molar-refractivity contribution < 1.29 is 0 Å². The fraction of sp³-hybridized carbons (Fsp3) is 0.308. The van der Waals surface area contributed by atoms with Gasteiger partial charge in [0.05, 0.1) is 0 Å². The predicted octanol–water partition coefficient (Wildman–Crippen LogP) is 4.03. The Labute approximate surface area is 103 Å². The molecule has 0 saturated heterocycles. The van der Waals surface area contributed by atoms with E-state index in [1.165, 1.54) is 24.1 Å². The van der Waals surface area contributed by atoms with Crippen LogP contribution in [0.25, 0.3) is 11.4 Å². The number of aromatic nitrogens is 2. The number of nitrogens with one attached hydrogen (secondary N) is 1. The number of halogens is 1. The van der Waals surface area contributed by atoms with Crippen LogP contribution in [0.4, 0.5) is 0 Å². The van der Waals surface area contributed by atoms with Gasteiger partial charge in [-0.25, -0.2) is 4.98 Å². The predicted molar refractivity (Wildman–Crippen MR) is 68.4 cm³/mol. The van der Waals surface area contributed by atoms with E-state index in [1.807, 2.05) is 6.20 Å². The summed E-state index contributed by atoms with van der Waals surface area (Å²) in [5.41, 5.74) is 3.67. The number of benzene rings is 1. The molecule has 1 heterocycles. The normalized spacial score (nSPS) is 15.4. The van der Waals surface area contributed by atoms with E-state index in [9.17, 15) is 0 Å². The average Bonchev–Trinajstić information content (AvgIpc) is 3.01. The Balaban J connectivity index is 1.97. The van der Waals surface area contributed by atoms with Crippen LogP contribution in [0.5, 0.6) is 0 Å². The second-order valence-electron chi connectivity index (χ2n) is 4.43. The summed E-state index contributed by atoms with van der Waals surface area (Å²) in [6, 6.07) is 6.33. The molecule has 2 nitrogen and oxygen atoms in total. The van der Waals surface area contributed by atoms with Crippen LogP contribution in [0.15, 0.2) is 28.9 Å². The number of H-pyrrole nitrogens is 1. The van der Waals surface area contributed by atoms with Crippen molar-refractivity contribution in [1.82, 2.24) is 9.97 Å². The van der Waals surface area contributed by atoms with E-state index < -0.39 is 0 Å². The van der Waals surface area contributed by atoms with Crippen LogP contribution in [-0.2, 0) is 0 Å². The Kier molecular flexibility index (Phi) is 2.36. The van der Waals surface area contributed by atoms with E-state index in [2.05, 4.69) is 51.0 Å². The fourth-order valence-corrected chi connectivity index (χ4v) is 2.20. The topological polar surface area (TPSA) is 28.7 Å². The lowest BCUT2D eigenvalue weighted by Gasteiger charge is -2.01. The molecule has 0 spiro atoms. The molecule has 1 aromatic carbocycles. The van der Waals surface area contributed by atoms with E-state index in [0.29, 0.717) is 0 Å². The van der Waals surface area contributed by atoms with Crippen LogP contribution < -0.4 is 0 Å². The quantitative estimate of drug-likeness (QED) is 0.882. The Morgan fingerprint density at radius 1 is 1.38 bits per heavy atom. The van der Waals surface area contributed by atoms with Gasteiger partial charge >= 0.3 is 0 Å². The van der Waals surface area contributed by atoms with Crippen molar-refractivity contribution in [3.8, 4) is 11.4 Å². The first kappa shape index (κ1) is 10.1. The van der Waals surface area contributed by atoms with Crippen molar-refractivity contribution in [2.24, 2.45) is 0 Å². The molecule has 1 N–H and O–H groups in total. The van der Waals surface area contributed by atoms with Crippen LogP contribution in [0.3, 0.4) is 0 Å². The first-order valence-corrected chi connectivity index (χ1v) is 6.35. The summed E-state index contributed by atoms with van der Waals surface area (Å²) in [5.74, 6) is 1.71. The summed E-state index contributed by atoms with van der Waals surface area (Å²) in [4.78, 5) is 7.85. The first-order valence-electron chi connectivity index (χ1n) is 5.55. The number of hydrogen-bond donors (Lipinski definition) is 1. The van der Waals surface area contributed by atoms with Crippen LogP contribution in [0.2, 0.25) is 0 Å². The van der Waals surface area contributed by atoms with Crippen LogP contribution >= 0.6 is 15.9 Å². The molecule has 0 unspecified atom stereocenters. The van der Waals surface area contributed by atoms with Gasteiger partial charge in [-0.1, -0.05) is 28.1 Å². The fourth-order valence-electron chi connectivity index (χ4n) is 1.82. The highest BCUT2D eigenvalue weighted by Crippen LogP contribution is 2.39. The summed E-state index contributed by atoms with van der Waals surface area (Å²) >= 11 is 3.55. The Bertz CT molecular complexity index is 526. The summed E-state index contributed by atoms with van der Waals surface area (Å²) in [6.45, 7) is 2.09. The van der Waals surface area contributed by atoms with E-state index in [0.717, 1.165) is 21.8 Å². The largest absolute Gasteiger partial charge is 0.342 e. The molecule has 1 fully saturated rings. The molecule has 3 rings (SSSR count). The molecule has 3 heteroatoms. The zero-order valence-corrected chi connectivity index (χ0v) is 10.7. The lowest BCUT2D eigenvalue weighted by molar-refractivity contribution is 1.05. The smallest absolute Gasteiger partial charge is 0.137 e. The van der Waals surface area contributed by atoms with Gasteiger partial charge in [0.1, 0.15) is 5.82 Å². The monoisotopic (exact) mass is 276 g/mol. The maximum atomic E-state index is 4.44. The highest BCUT2D eigenvalue weighted by Gasteiger charge is 2.25. The van der Waals surface area contributed by atoms with Crippen molar-refractivity contribution in [3.63, 3.8) is 0 Å². The highest BCUT2D eigenvalue weighted by molar-refractivity contribution is 9.10. The lowest BCUT2D eigenvalue weighted by Crippen LogP contribution is -1.83. The molecule has 1 aliphatic carbocycles. The van der Waals surface area contributed by atoms with Crippen molar-refractivity contribution in [3.05, 3.63) is 40.1 Å². The molecule has 16 heavy (non-hydrogen) atoms. The van der Waals surface area contributed by atoms with Crippen LogP contribution in [-0.4, -0.2) is 9.97 Å². The third kappa shape index (κ3) is 1.80. The van der Waals surface area contributed by atoms with Gasteiger partial charge in [-0.05, 0) is 31.4 Å². The number of aryl methyl sites for hydroxylation is 1. The minimum Gasteiger partial charge on any atom is -0.342 e. The maximum Gasteiger partial charge on any atom is 0.137 e. The molecule has 82 valence electrons. The summed E-state index contributed by atoms with van der Waals surface area (Å²) in [7, 11) is 0. The molecule has 1 aliphatic rings. The van der Waals surface area contributed by atoms with Crippen LogP contribution in [0.1, 0.15) is 30.0 Å². The summed E-state index contributed by atoms with van der Waals surface area (Å²) in [6.07, 6.45) is 4.58. The van der Waals surface area contributed by atoms with Gasteiger partial charge in [0, 0.05) is 27.8 Å². The molecule has 0 aliphatic heterocycles.